The van der Waals surface area contributed by atoms with Crippen molar-refractivity contribution in [2.45, 2.75) is 45.2 Å². The van der Waals surface area contributed by atoms with E-state index >= 15 is 0 Å². The Morgan fingerprint density at radius 1 is 1.42 bits per heavy atom. The van der Waals surface area contributed by atoms with Crippen molar-refractivity contribution in [2.24, 2.45) is 0 Å². The number of hydrogen-bond acceptors (Lipinski definition) is 2. The molecule has 1 aliphatic heterocycles. The summed E-state index contributed by atoms with van der Waals surface area (Å²) in [5.74, 6) is -2.03. The lowest BCUT2D eigenvalue weighted by molar-refractivity contribution is 0.0817. The van der Waals surface area contributed by atoms with Gasteiger partial charge in [-0.05, 0) is 50.9 Å². The zero-order chi connectivity index (χ0) is 14.0. The van der Waals surface area contributed by atoms with Crippen LogP contribution in [0.4, 0.5) is 8.78 Å². The van der Waals surface area contributed by atoms with Gasteiger partial charge < -0.3 is 0 Å². The van der Waals surface area contributed by atoms with Gasteiger partial charge in [0.1, 0.15) is 0 Å². The first-order valence-electron chi connectivity index (χ1n) is 6.79. The van der Waals surface area contributed by atoms with Crippen LogP contribution in [0.5, 0.6) is 0 Å². The van der Waals surface area contributed by atoms with Crippen molar-refractivity contribution in [1.82, 2.24) is 4.90 Å². The first-order valence-corrected chi connectivity index (χ1v) is 6.79. The average molecular weight is 267 g/mol. The van der Waals surface area contributed by atoms with Crippen LogP contribution in [0.25, 0.3) is 0 Å². The topological polar surface area (TPSA) is 20.3 Å². The molecule has 1 fully saturated rings. The summed E-state index contributed by atoms with van der Waals surface area (Å²) < 4.78 is 26.1. The fraction of sp³-hybridized carbons (Fsp3) is 0.533. The second-order valence-corrected chi connectivity index (χ2v) is 5.11. The van der Waals surface area contributed by atoms with Crippen LogP contribution in [0, 0.1) is 11.6 Å². The van der Waals surface area contributed by atoms with E-state index in [1.165, 1.54) is 6.07 Å². The molecular formula is C15H19F2NO. The van der Waals surface area contributed by atoms with Gasteiger partial charge in [0.2, 0.25) is 0 Å². The maximum atomic E-state index is 13.2. The third-order valence-electron chi connectivity index (χ3n) is 3.97. The van der Waals surface area contributed by atoms with E-state index in [4.69, 9.17) is 0 Å². The van der Waals surface area contributed by atoms with Crippen LogP contribution < -0.4 is 0 Å². The van der Waals surface area contributed by atoms with Gasteiger partial charge in [-0.15, -0.1) is 0 Å². The van der Waals surface area contributed by atoms with Gasteiger partial charge in [0, 0.05) is 11.6 Å². The molecule has 0 N–H and O–H groups in total. The number of hydrogen-bond donors (Lipinski definition) is 0. The number of carbonyl (C=O) groups excluding carboxylic acids is 1. The number of carbonyl (C=O) groups is 1. The monoisotopic (exact) mass is 267 g/mol. The molecule has 2 nitrogen and oxygen atoms in total. The minimum atomic E-state index is -0.966. The number of nitrogens with zero attached hydrogens (tertiary/aromatic N) is 1. The van der Waals surface area contributed by atoms with E-state index in [1.54, 1.807) is 0 Å². The van der Waals surface area contributed by atoms with Crippen LogP contribution in [-0.4, -0.2) is 29.3 Å². The molecule has 1 aromatic rings. The number of Topliss-reactive ketones (excluding diaryl/α,β-unsaturated/α-hetero) is 1. The van der Waals surface area contributed by atoms with E-state index in [9.17, 15) is 13.6 Å². The van der Waals surface area contributed by atoms with Gasteiger partial charge >= 0.3 is 0 Å². The second-order valence-electron chi connectivity index (χ2n) is 5.11. The summed E-state index contributed by atoms with van der Waals surface area (Å²) >= 11 is 0. The Balaban J connectivity index is 2.16. The molecule has 19 heavy (non-hydrogen) atoms. The van der Waals surface area contributed by atoms with Gasteiger partial charge in [-0.2, -0.15) is 0 Å². The molecule has 2 rings (SSSR count). The molecule has 1 aliphatic rings. The van der Waals surface area contributed by atoms with E-state index in [-0.39, 0.29) is 17.4 Å². The van der Waals surface area contributed by atoms with Crippen molar-refractivity contribution in [1.29, 1.82) is 0 Å². The van der Waals surface area contributed by atoms with E-state index in [0.717, 1.165) is 37.9 Å². The molecule has 1 saturated heterocycles. The normalized spacial score (nSPS) is 21.6. The molecule has 0 radical (unpaired) electrons. The Morgan fingerprint density at radius 2 is 2.16 bits per heavy atom. The highest BCUT2D eigenvalue weighted by molar-refractivity contribution is 5.99. The molecule has 0 amide bonds. The Bertz CT molecular complexity index is 475. The zero-order valence-corrected chi connectivity index (χ0v) is 11.3. The fourth-order valence-corrected chi connectivity index (χ4v) is 2.85. The van der Waals surface area contributed by atoms with Crippen LogP contribution in [0.15, 0.2) is 18.2 Å². The molecule has 0 bridgehead atoms. The Labute approximate surface area is 112 Å². The smallest absolute Gasteiger partial charge is 0.179 e. The first-order chi connectivity index (χ1) is 9.04. The molecule has 2 atom stereocenters. The third-order valence-corrected chi connectivity index (χ3v) is 3.97. The van der Waals surface area contributed by atoms with Gasteiger partial charge in [-0.3, -0.25) is 9.69 Å². The van der Waals surface area contributed by atoms with Crippen LogP contribution in [-0.2, 0) is 0 Å². The van der Waals surface area contributed by atoms with Crippen LogP contribution in [0.3, 0.4) is 0 Å². The molecule has 1 aromatic carbocycles. The van der Waals surface area contributed by atoms with Gasteiger partial charge in [0.15, 0.2) is 17.4 Å². The lowest BCUT2D eigenvalue weighted by atomic mass is 10.0. The lowest BCUT2D eigenvalue weighted by Crippen LogP contribution is -2.42. The number of halogens is 2. The highest BCUT2D eigenvalue weighted by Gasteiger charge is 2.31. The first kappa shape index (κ1) is 14.1. The Hall–Kier alpha value is -1.29. The van der Waals surface area contributed by atoms with Gasteiger partial charge in [0.25, 0.3) is 0 Å². The molecule has 104 valence electrons. The molecule has 0 saturated carbocycles. The van der Waals surface area contributed by atoms with Crippen molar-refractivity contribution in [2.75, 3.05) is 6.54 Å². The summed E-state index contributed by atoms with van der Waals surface area (Å²) in [5.41, 5.74) is 0.244. The van der Waals surface area contributed by atoms with Crippen molar-refractivity contribution < 1.29 is 13.6 Å². The molecule has 1 heterocycles. The van der Waals surface area contributed by atoms with Crippen molar-refractivity contribution in [3.63, 3.8) is 0 Å². The molecule has 0 aromatic heterocycles. The van der Waals surface area contributed by atoms with Crippen LogP contribution in [0.2, 0.25) is 0 Å². The van der Waals surface area contributed by atoms with Crippen molar-refractivity contribution >= 4 is 5.78 Å². The summed E-state index contributed by atoms with van der Waals surface area (Å²) in [6.07, 6.45) is 3.20. The molecular weight excluding hydrogens is 248 g/mol. The zero-order valence-electron chi connectivity index (χ0n) is 11.3. The fourth-order valence-electron chi connectivity index (χ4n) is 2.85. The van der Waals surface area contributed by atoms with Gasteiger partial charge in [-0.25, -0.2) is 8.78 Å². The quantitative estimate of drug-likeness (QED) is 0.779. The Kier molecular flexibility index (Phi) is 4.30. The standard InChI is InChI=1S/C15H19F2NO/c1-3-12-5-4-8-18(12)10(2)15(19)11-6-7-13(16)14(17)9-11/h6-7,9-10,12H,3-5,8H2,1-2H3. The van der Waals surface area contributed by atoms with Gasteiger partial charge in [0.05, 0.1) is 6.04 Å². The van der Waals surface area contributed by atoms with E-state index < -0.39 is 11.6 Å². The molecule has 0 spiro atoms. The minimum absolute atomic E-state index is 0.140. The molecule has 4 heteroatoms. The van der Waals surface area contributed by atoms with Crippen LogP contribution in [0.1, 0.15) is 43.5 Å². The number of ketones is 1. The highest BCUT2D eigenvalue weighted by Crippen LogP contribution is 2.24. The van der Waals surface area contributed by atoms with Crippen molar-refractivity contribution in [3.8, 4) is 0 Å². The van der Waals surface area contributed by atoms with Crippen molar-refractivity contribution in [3.05, 3.63) is 35.4 Å². The number of rotatable bonds is 4. The summed E-state index contributed by atoms with van der Waals surface area (Å²) in [4.78, 5) is 14.5. The SMILES string of the molecule is CCC1CCCN1C(C)C(=O)c1ccc(F)c(F)c1. The average Bonchev–Trinajstić information content (AvgIpc) is 2.88. The maximum absolute atomic E-state index is 13.2. The van der Waals surface area contributed by atoms with E-state index in [1.807, 2.05) is 6.92 Å². The predicted molar refractivity (Wildman–Crippen MR) is 70.2 cm³/mol. The largest absolute Gasteiger partial charge is 0.292 e. The summed E-state index contributed by atoms with van der Waals surface area (Å²) in [5, 5.41) is 0. The van der Waals surface area contributed by atoms with E-state index in [0.29, 0.717) is 6.04 Å². The second kappa shape index (κ2) is 5.78. The lowest BCUT2D eigenvalue weighted by Gasteiger charge is -2.29. The van der Waals surface area contributed by atoms with E-state index in [2.05, 4.69) is 11.8 Å². The third kappa shape index (κ3) is 2.84. The molecule has 0 aliphatic carbocycles. The predicted octanol–water partition coefficient (Wildman–Crippen LogP) is 3.41. The minimum Gasteiger partial charge on any atom is -0.292 e. The summed E-state index contributed by atoms with van der Waals surface area (Å²) in [6, 6.07) is 3.50. The van der Waals surface area contributed by atoms with Crippen LogP contribution >= 0.6 is 0 Å². The van der Waals surface area contributed by atoms with Gasteiger partial charge in [-0.1, -0.05) is 6.92 Å². The maximum Gasteiger partial charge on any atom is 0.179 e. The highest BCUT2D eigenvalue weighted by atomic mass is 19.2. The number of likely N-dealkylation sites (tertiary alicyclic amines) is 1. The number of benzene rings is 1. The summed E-state index contributed by atoms with van der Waals surface area (Å²) in [7, 11) is 0. The molecule has 2 unspecified atom stereocenters. The summed E-state index contributed by atoms with van der Waals surface area (Å²) in [6.45, 7) is 4.85. The Morgan fingerprint density at radius 3 is 2.79 bits per heavy atom.